The van der Waals surface area contributed by atoms with Crippen LogP contribution in [0.4, 0.5) is 0 Å². The fraction of sp³-hybridized carbons (Fsp3) is 0.238. The Morgan fingerprint density at radius 3 is 2.77 bits per heavy atom. The van der Waals surface area contributed by atoms with E-state index < -0.39 is 6.04 Å². The summed E-state index contributed by atoms with van der Waals surface area (Å²) in [7, 11) is 0. The number of para-hydroxylation sites is 1. The number of piperazine rings is 1. The van der Waals surface area contributed by atoms with Crippen molar-refractivity contribution in [2.75, 3.05) is 13.1 Å². The minimum atomic E-state index is -0.567. The van der Waals surface area contributed by atoms with Crippen LogP contribution in [0.2, 0.25) is 0 Å². The van der Waals surface area contributed by atoms with E-state index in [1.807, 2.05) is 61.7 Å². The highest BCUT2D eigenvalue weighted by Gasteiger charge is 2.35. The van der Waals surface area contributed by atoms with Gasteiger partial charge in [0.15, 0.2) is 0 Å². The van der Waals surface area contributed by atoms with Crippen LogP contribution in [0.5, 0.6) is 0 Å². The Morgan fingerprint density at radius 1 is 1.15 bits per heavy atom. The topological polar surface area (TPSA) is 65.2 Å². The fourth-order valence-electron chi connectivity index (χ4n) is 3.68. The first kappa shape index (κ1) is 16.4. The molecule has 1 aliphatic rings. The number of nitrogens with one attached hydrogen (secondary N) is 2. The molecular formula is C21H21N3O2. The molecule has 0 bridgehead atoms. The van der Waals surface area contributed by atoms with Gasteiger partial charge in [0, 0.05) is 30.2 Å². The molecule has 5 heteroatoms. The standard InChI is InChI=1S/C21H21N3O2/c1-14-6-2-3-7-16(14)20-21(26)22-10-11-24(20)19(25)12-15-13-23-18-9-5-4-8-17(15)18/h2-9,13,20,23H,10-12H2,1H3,(H,22,26). The number of carbonyl (C=O) groups is 2. The maximum atomic E-state index is 13.1. The first-order chi connectivity index (χ1) is 12.6. The van der Waals surface area contributed by atoms with Crippen molar-refractivity contribution in [3.8, 4) is 0 Å². The number of fused-ring (bicyclic) bond motifs is 1. The molecule has 4 rings (SSSR count). The molecule has 2 amide bonds. The van der Waals surface area contributed by atoms with Crippen molar-refractivity contribution in [2.45, 2.75) is 19.4 Å². The number of H-pyrrole nitrogens is 1. The van der Waals surface area contributed by atoms with E-state index in [2.05, 4.69) is 10.3 Å². The number of rotatable bonds is 3. The van der Waals surface area contributed by atoms with Crippen LogP contribution >= 0.6 is 0 Å². The van der Waals surface area contributed by atoms with E-state index in [0.717, 1.165) is 27.6 Å². The number of aromatic amines is 1. The van der Waals surface area contributed by atoms with Gasteiger partial charge in [-0.25, -0.2) is 0 Å². The number of carbonyl (C=O) groups excluding carboxylic acids is 2. The fourth-order valence-corrected chi connectivity index (χ4v) is 3.68. The second-order valence-electron chi connectivity index (χ2n) is 6.67. The van der Waals surface area contributed by atoms with Crippen LogP contribution in [-0.4, -0.2) is 34.8 Å². The van der Waals surface area contributed by atoms with Crippen molar-refractivity contribution in [3.63, 3.8) is 0 Å². The van der Waals surface area contributed by atoms with Gasteiger partial charge in [-0.3, -0.25) is 9.59 Å². The molecule has 1 fully saturated rings. The van der Waals surface area contributed by atoms with E-state index in [9.17, 15) is 9.59 Å². The molecule has 2 N–H and O–H groups in total. The van der Waals surface area contributed by atoms with Crippen molar-refractivity contribution in [1.82, 2.24) is 15.2 Å². The monoisotopic (exact) mass is 347 g/mol. The highest BCUT2D eigenvalue weighted by Crippen LogP contribution is 2.27. The third-order valence-electron chi connectivity index (χ3n) is 5.03. The van der Waals surface area contributed by atoms with Gasteiger partial charge in [-0.15, -0.1) is 0 Å². The van der Waals surface area contributed by atoms with E-state index in [-0.39, 0.29) is 18.2 Å². The average molecular weight is 347 g/mol. The minimum Gasteiger partial charge on any atom is -0.361 e. The number of hydrogen-bond donors (Lipinski definition) is 2. The number of amides is 2. The van der Waals surface area contributed by atoms with Crippen molar-refractivity contribution in [1.29, 1.82) is 0 Å². The molecule has 1 aromatic heterocycles. The third kappa shape index (κ3) is 2.86. The summed E-state index contributed by atoms with van der Waals surface area (Å²) >= 11 is 0. The molecule has 5 nitrogen and oxygen atoms in total. The smallest absolute Gasteiger partial charge is 0.247 e. The predicted octanol–water partition coefficient (Wildman–Crippen LogP) is 2.72. The van der Waals surface area contributed by atoms with Gasteiger partial charge < -0.3 is 15.2 Å². The van der Waals surface area contributed by atoms with Gasteiger partial charge in [0.05, 0.1) is 6.42 Å². The number of nitrogens with zero attached hydrogens (tertiary/aromatic N) is 1. The summed E-state index contributed by atoms with van der Waals surface area (Å²) in [6.07, 6.45) is 2.16. The second kappa shape index (κ2) is 6.67. The molecule has 0 aliphatic carbocycles. The number of benzene rings is 2. The molecular weight excluding hydrogens is 326 g/mol. The maximum Gasteiger partial charge on any atom is 0.247 e. The minimum absolute atomic E-state index is 0.0298. The lowest BCUT2D eigenvalue weighted by atomic mass is 9.97. The largest absolute Gasteiger partial charge is 0.361 e. The average Bonchev–Trinajstić information content (AvgIpc) is 3.05. The maximum absolute atomic E-state index is 13.1. The molecule has 2 aromatic carbocycles. The zero-order valence-electron chi connectivity index (χ0n) is 14.7. The van der Waals surface area contributed by atoms with Crippen LogP contribution in [0, 0.1) is 6.92 Å². The Kier molecular flexibility index (Phi) is 4.21. The van der Waals surface area contributed by atoms with Crippen LogP contribution in [-0.2, 0) is 16.0 Å². The summed E-state index contributed by atoms with van der Waals surface area (Å²) in [5.41, 5.74) is 3.87. The molecule has 3 aromatic rings. The molecule has 2 heterocycles. The molecule has 1 unspecified atom stereocenters. The summed E-state index contributed by atoms with van der Waals surface area (Å²) in [6, 6.07) is 15.1. The van der Waals surface area contributed by atoms with Crippen LogP contribution in [0.15, 0.2) is 54.7 Å². The Labute approximate surface area is 152 Å². The second-order valence-corrected chi connectivity index (χ2v) is 6.67. The molecule has 1 saturated heterocycles. The lowest BCUT2D eigenvalue weighted by molar-refractivity contribution is -0.143. The summed E-state index contributed by atoms with van der Waals surface area (Å²) in [5, 5.41) is 3.94. The van der Waals surface area contributed by atoms with Crippen LogP contribution in [0.25, 0.3) is 10.9 Å². The van der Waals surface area contributed by atoms with Crippen molar-refractivity contribution < 1.29 is 9.59 Å². The van der Waals surface area contributed by atoms with E-state index in [1.165, 1.54) is 0 Å². The molecule has 1 atom stereocenters. The van der Waals surface area contributed by atoms with Gasteiger partial charge in [-0.1, -0.05) is 42.5 Å². The summed E-state index contributed by atoms with van der Waals surface area (Å²) in [4.78, 5) is 30.6. The van der Waals surface area contributed by atoms with Crippen LogP contribution in [0.3, 0.4) is 0 Å². The van der Waals surface area contributed by atoms with Gasteiger partial charge in [-0.2, -0.15) is 0 Å². The van der Waals surface area contributed by atoms with E-state index in [1.54, 1.807) is 4.90 Å². The van der Waals surface area contributed by atoms with Gasteiger partial charge in [0.25, 0.3) is 0 Å². The summed E-state index contributed by atoms with van der Waals surface area (Å²) < 4.78 is 0. The first-order valence-corrected chi connectivity index (χ1v) is 8.83. The molecule has 26 heavy (non-hydrogen) atoms. The van der Waals surface area contributed by atoms with Gasteiger partial charge in [0.1, 0.15) is 6.04 Å². The van der Waals surface area contributed by atoms with Gasteiger partial charge >= 0.3 is 0 Å². The molecule has 0 saturated carbocycles. The summed E-state index contributed by atoms with van der Waals surface area (Å²) in [5.74, 6) is -0.143. The lowest BCUT2D eigenvalue weighted by Gasteiger charge is -2.36. The molecule has 0 spiro atoms. The quantitative estimate of drug-likeness (QED) is 0.765. The lowest BCUT2D eigenvalue weighted by Crippen LogP contribution is -2.52. The van der Waals surface area contributed by atoms with E-state index in [0.29, 0.717) is 13.1 Å². The Hall–Kier alpha value is -3.08. The van der Waals surface area contributed by atoms with Gasteiger partial charge in [-0.05, 0) is 29.7 Å². The number of aryl methyl sites for hydroxylation is 1. The van der Waals surface area contributed by atoms with Crippen molar-refractivity contribution >= 4 is 22.7 Å². The highest BCUT2D eigenvalue weighted by atomic mass is 16.2. The SMILES string of the molecule is Cc1ccccc1C1C(=O)NCCN1C(=O)Cc1c[nH]c2ccccc12. The number of aromatic nitrogens is 1. The van der Waals surface area contributed by atoms with Crippen molar-refractivity contribution in [2.24, 2.45) is 0 Å². The Balaban J connectivity index is 1.65. The predicted molar refractivity (Wildman–Crippen MR) is 101 cm³/mol. The zero-order chi connectivity index (χ0) is 18.1. The number of hydrogen-bond acceptors (Lipinski definition) is 2. The molecule has 0 radical (unpaired) electrons. The summed E-state index contributed by atoms with van der Waals surface area (Å²) in [6.45, 7) is 2.98. The van der Waals surface area contributed by atoms with Crippen LogP contribution in [0.1, 0.15) is 22.7 Å². The molecule has 1 aliphatic heterocycles. The van der Waals surface area contributed by atoms with Crippen molar-refractivity contribution in [3.05, 3.63) is 71.4 Å². The Morgan fingerprint density at radius 2 is 1.92 bits per heavy atom. The van der Waals surface area contributed by atoms with Crippen LogP contribution < -0.4 is 5.32 Å². The zero-order valence-corrected chi connectivity index (χ0v) is 14.7. The third-order valence-corrected chi connectivity index (χ3v) is 5.03. The van der Waals surface area contributed by atoms with E-state index >= 15 is 0 Å². The van der Waals surface area contributed by atoms with Gasteiger partial charge in [0.2, 0.25) is 11.8 Å². The highest BCUT2D eigenvalue weighted by molar-refractivity contribution is 5.93. The normalized spacial score (nSPS) is 17.3. The first-order valence-electron chi connectivity index (χ1n) is 8.83. The van der Waals surface area contributed by atoms with E-state index in [4.69, 9.17) is 0 Å². The molecule has 132 valence electrons. The Bertz CT molecular complexity index is 976.